The molecular formula is C39H51N3O6. The molecule has 2 amide bonds. The van der Waals surface area contributed by atoms with Crippen LogP contribution in [-0.2, 0) is 31.9 Å². The fourth-order valence-electron chi connectivity index (χ4n) is 5.41. The van der Waals surface area contributed by atoms with Crippen molar-refractivity contribution < 1.29 is 28.7 Å². The Labute approximate surface area is 285 Å². The molecule has 3 rings (SSSR count). The van der Waals surface area contributed by atoms with E-state index in [1.165, 1.54) is 0 Å². The predicted molar refractivity (Wildman–Crippen MR) is 188 cm³/mol. The lowest BCUT2D eigenvalue weighted by Crippen LogP contribution is -2.33. The number of rotatable bonds is 19. The number of carbonyl (C=O) groups excluding carboxylic acids is 4. The summed E-state index contributed by atoms with van der Waals surface area (Å²) in [7, 11) is 1.99. The van der Waals surface area contributed by atoms with Crippen LogP contribution >= 0.6 is 0 Å². The summed E-state index contributed by atoms with van der Waals surface area (Å²) in [5.41, 5.74) is 1.27. The molecule has 0 bridgehead atoms. The fraction of sp³-hybridized carbons (Fsp3) is 0.436. The largest absolute Gasteiger partial charge is 0.459 e. The van der Waals surface area contributed by atoms with Gasteiger partial charge in [0, 0.05) is 32.4 Å². The third kappa shape index (κ3) is 14.1. The van der Waals surface area contributed by atoms with Crippen molar-refractivity contribution in [2.45, 2.75) is 77.4 Å². The molecule has 0 aliphatic heterocycles. The van der Waals surface area contributed by atoms with Crippen molar-refractivity contribution in [3.05, 3.63) is 107 Å². The standard InChI is InChI=1S/C39H51N3O6/c1-38(2,28-30-16-8-6-9-17-30)47-35(44)23-22-34(43)40-24-14-26-42(5)27-15-25-41-36(45)32-20-12-13-21-33(32)37(46)48-39(3,4)29-31-18-10-7-11-19-31/h6-13,16-21H,14-15,22-29H2,1-5H3,(H,40,43)(H,41,45). The van der Waals surface area contributed by atoms with E-state index < -0.39 is 17.2 Å². The van der Waals surface area contributed by atoms with E-state index in [9.17, 15) is 19.2 Å². The number of esters is 2. The lowest BCUT2D eigenvalue weighted by atomic mass is 9.98. The van der Waals surface area contributed by atoms with E-state index in [1.807, 2.05) is 95.4 Å². The molecule has 2 N–H and O–H groups in total. The fourth-order valence-corrected chi connectivity index (χ4v) is 5.41. The van der Waals surface area contributed by atoms with E-state index >= 15 is 0 Å². The van der Waals surface area contributed by atoms with Gasteiger partial charge in [-0.1, -0.05) is 72.8 Å². The molecular weight excluding hydrogens is 606 g/mol. The van der Waals surface area contributed by atoms with Gasteiger partial charge in [-0.25, -0.2) is 4.79 Å². The Hall–Kier alpha value is -4.50. The lowest BCUT2D eigenvalue weighted by Gasteiger charge is -2.26. The molecule has 3 aromatic rings. The maximum absolute atomic E-state index is 13.1. The Balaban J connectivity index is 1.29. The van der Waals surface area contributed by atoms with Crippen molar-refractivity contribution in [2.75, 3.05) is 33.2 Å². The molecule has 0 spiro atoms. The first-order valence-electron chi connectivity index (χ1n) is 16.7. The molecule has 9 heteroatoms. The molecule has 0 aromatic heterocycles. The first-order chi connectivity index (χ1) is 22.8. The molecule has 0 saturated heterocycles. The van der Waals surface area contributed by atoms with Gasteiger partial charge >= 0.3 is 11.9 Å². The summed E-state index contributed by atoms with van der Waals surface area (Å²) in [5, 5.41) is 5.78. The Morgan fingerprint density at radius 3 is 1.67 bits per heavy atom. The highest BCUT2D eigenvalue weighted by atomic mass is 16.6. The monoisotopic (exact) mass is 657 g/mol. The van der Waals surface area contributed by atoms with Crippen LogP contribution in [0.25, 0.3) is 0 Å². The number of nitrogens with zero attached hydrogens (tertiary/aromatic N) is 1. The zero-order valence-corrected chi connectivity index (χ0v) is 29.1. The Bertz CT molecular complexity index is 1470. The van der Waals surface area contributed by atoms with Crippen LogP contribution in [0.15, 0.2) is 84.9 Å². The molecule has 3 aromatic carbocycles. The Kier molecular flexibility index (Phi) is 14.8. The number of carbonyl (C=O) groups is 4. The van der Waals surface area contributed by atoms with Crippen LogP contribution in [0.4, 0.5) is 0 Å². The maximum Gasteiger partial charge on any atom is 0.339 e. The molecule has 258 valence electrons. The zero-order valence-electron chi connectivity index (χ0n) is 29.1. The minimum absolute atomic E-state index is 0.0353. The molecule has 0 unspecified atom stereocenters. The summed E-state index contributed by atoms with van der Waals surface area (Å²) in [6, 6.07) is 26.4. The van der Waals surface area contributed by atoms with Crippen LogP contribution in [0.3, 0.4) is 0 Å². The molecule has 0 aliphatic rings. The average Bonchev–Trinajstić information content (AvgIpc) is 3.04. The molecule has 0 radical (unpaired) electrons. The van der Waals surface area contributed by atoms with Crippen LogP contribution < -0.4 is 10.6 Å². The summed E-state index contributed by atoms with van der Waals surface area (Å²) in [6.07, 6.45) is 2.74. The molecule has 0 heterocycles. The molecule has 0 fully saturated rings. The topological polar surface area (TPSA) is 114 Å². The van der Waals surface area contributed by atoms with Gasteiger partial charge in [-0.2, -0.15) is 0 Å². The van der Waals surface area contributed by atoms with Crippen molar-refractivity contribution in [3.63, 3.8) is 0 Å². The predicted octanol–water partition coefficient (Wildman–Crippen LogP) is 5.77. The van der Waals surface area contributed by atoms with Gasteiger partial charge in [-0.05, 0) is 83.9 Å². The number of amides is 2. The van der Waals surface area contributed by atoms with Crippen LogP contribution in [0.5, 0.6) is 0 Å². The van der Waals surface area contributed by atoms with Crippen LogP contribution in [0.1, 0.15) is 85.2 Å². The highest BCUT2D eigenvalue weighted by molar-refractivity contribution is 6.05. The molecule has 0 atom stereocenters. The van der Waals surface area contributed by atoms with Crippen LogP contribution in [-0.4, -0.2) is 73.1 Å². The summed E-state index contributed by atoms with van der Waals surface area (Å²) >= 11 is 0. The Morgan fingerprint density at radius 1 is 0.625 bits per heavy atom. The average molecular weight is 658 g/mol. The van der Waals surface area contributed by atoms with Crippen molar-refractivity contribution in [1.82, 2.24) is 15.5 Å². The molecule has 48 heavy (non-hydrogen) atoms. The highest BCUT2D eigenvalue weighted by Crippen LogP contribution is 2.21. The van der Waals surface area contributed by atoms with Crippen molar-refractivity contribution in [3.8, 4) is 0 Å². The summed E-state index contributed by atoms with van der Waals surface area (Å²) in [4.78, 5) is 52.8. The zero-order chi connectivity index (χ0) is 35.0. The van der Waals surface area contributed by atoms with Gasteiger partial charge in [0.15, 0.2) is 0 Å². The minimum Gasteiger partial charge on any atom is -0.459 e. The SMILES string of the molecule is CN(CCCNC(=O)CCC(=O)OC(C)(C)Cc1ccccc1)CCCNC(=O)c1ccccc1C(=O)OC(C)(C)Cc1ccccc1. The number of benzene rings is 3. The third-order valence-electron chi connectivity index (χ3n) is 7.69. The molecule has 9 nitrogen and oxygen atoms in total. The van der Waals surface area contributed by atoms with E-state index in [-0.39, 0.29) is 41.8 Å². The van der Waals surface area contributed by atoms with E-state index in [2.05, 4.69) is 15.5 Å². The van der Waals surface area contributed by atoms with E-state index in [4.69, 9.17) is 9.47 Å². The second-order valence-corrected chi connectivity index (χ2v) is 13.4. The maximum atomic E-state index is 13.1. The smallest absolute Gasteiger partial charge is 0.339 e. The second kappa shape index (κ2) is 18.7. The number of hydrogen-bond donors (Lipinski definition) is 2. The molecule has 0 aliphatic carbocycles. The van der Waals surface area contributed by atoms with E-state index in [0.29, 0.717) is 32.4 Å². The summed E-state index contributed by atoms with van der Waals surface area (Å²) in [5.74, 6) is -1.42. The second-order valence-electron chi connectivity index (χ2n) is 13.4. The van der Waals surface area contributed by atoms with Crippen molar-refractivity contribution >= 4 is 23.8 Å². The van der Waals surface area contributed by atoms with Crippen molar-refractivity contribution in [2.24, 2.45) is 0 Å². The number of ether oxygens (including phenoxy) is 2. The summed E-state index contributed by atoms with van der Waals surface area (Å²) < 4.78 is 11.4. The van der Waals surface area contributed by atoms with Gasteiger partial charge in [-0.3, -0.25) is 14.4 Å². The van der Waals surface area contributed by atoms with E-state index in [1.54, 1.807) is 24.3 Å². The Morgan fingerprint density at radius 2 is 1.10 bits per heavy atom. The van der Waals surface area contributed by atoms with E-state index in [0.717, 1.165) is 30.6 Å². The van der Waals surface area contributed by atoms with Gasteiger partial charge < -0.3 is 25.0 Å². The van der Waals surface area contributed by atoms with Crippen LogP contribution in [0, 0.1) is 0 Å². The van der Waals surface area contributed by atoms with Gasteiger partial charge in [0.05, 0.1) is 17.5 Å². The third-order valence-corrected chi connectivity index (χ3v) is 7.69. The summed E-state index contributed by atoms with van der Waals surface area (Å²) in [6.45, 7) is 9.92. The van der Waals surface area contributed by atoms with Gasteiger partial charge in [0.25, 0.3) is 5.91 Å². The number of hydrogen-bond acceptors (Lipinski definition) is 7. The lowest BCUT2D eigenvalue weighted by molar-refractivity contribution is -0.157. The van der Waals surface area contributed by atoms with Crippen molar-refractivity contribution in [1.29, 1.82) is 0 Å². The minimum atomic E-state index is -0.746. The molecule has 0 saturated carbocycles. The van der Waals surface area contributed by atoms with Gasteiger partial charge in [0.2, 0.25) is 5.91 Å². The van der Waals surface area contributed by atoms with Crippen LogP contribution in [0.2, 0.25) is 0 Å². The normalized spacial score (nSPS) is 11.5. The highest BCUT2D eigenvalue weighted by Gasteiger charge is 2.27. The van der Waals surface area contributed by atoms with Gasteiger partial charge in [0.1, 0.15) is 11.2 Å². The quantitative estimate of drug-likeness (QED) is 0.124. The van der Waals surface area contributed by atoms with Gasteiger partial charge in [-0.15, -0.1) is 0 Å². The first kappa shape index (κ1) is 38.0. The first-order valence-corrected chi connectivity index (χ1v) is 16.7. The number of nitrogens with one attached hydrogen (secondary N) is 2.